The van der Waals surface area contributed by atoms with Crippen molar-refractivity contribution in [3.8, 4) is 11.5 Å². The Hall–Kier alpha value is -1.26. The quantitative estimate of drug-likeness (QED) is 0.838. The topological polar surface area (TPSA) is 39.7 Å². The van der Waals surface area contributed by atoms with Crippen LogP contribution in [0.25, 0.3) is 0 Å². The number of ether oxygens (including phenoxy) is 3. The zero-order valence-electron chi connectivity index (χ0n) is 13.4. The maximum atomic E-state index is 5.59. The Balaban J connectivity index is 2.20. The van der Waals surface area contributed by atoms with Crippen molar-refractivity contribution in [2.75, 3.05) is 34.0 Å². The molecule has 0 spiro atoms. The number of benzene rings is 1. The molecule has 4 heteroatoms. The first kappa shape index (κ1) is 16.1. The second-order valence-electron chi connectivity index (χ2n) is 5.48. The van der Waals surface area contributed by atoms with E-state index in [1.54, 1.807) is 14.2 Å². The first-order chi connectivity index (χ1) is 10.3. The van der Waals surface area contributed by atoms with E-state index in [0.717, 1.165) is 50.5 Å². The van der Waals surface area contributed by atoms with Crippen LogP contribution in [0.15, 0.2) is 18.2 Å². The molecule has 1 unspecified atom stereocenters. The standard InChI is InChI=1S/C17H27NO3/c1-4-18-15(12-13-8-10-21-11-9-13)14-6-5-7-16(19-2)17(14)20-3/h5-7,13,15,18H,4,8-12H2,1-3H3. The number of para-hydroxylation sites is 1. The Morgan fingerprint density at radius 1 is 1.24 bits per heavy atom. The van der Waals surface area contributed by atoms with Gasteiger partial charge in [0.25, 0.3) is 0 Å². The average Bonchev–Trinajstić information content (AvgIpc) is 2.54. The highest BCUT2D eigenvalue weighted by Gasteiger charge is 2.23. The lowest BCUT2D eigenvalue weighted by atomic mass is 9.89. The molecule has 1 fully saturated rings. The van der Waals surface area contributed by atoms with E-state index in [-0.39, 0.29) is 0 Å². The van der Waals surface area contributed by atoms with E-state index in [9.17, 15) is 0 Å². The first-order valence-electron chi connectivity index (χ1n) is 7.82. The fraction of sp³-hybridized carbons (Fsp3) is 0.647. The number of methoxy groups -OCH3 is 2. The van der Waals surface area contributed by atoms with Gasteiger partial charge in [-0.3, -0.25) is 0 Å². The molecule has 1 atom stereocenters. The van der Waals surface area contributed by atoms with Gasteiger partial charge in [-0.2, -0.15) is 0 Å². The molecule has 2 rings (SSSR count). The molecule has 4 nitrogen and oxygen atoms in total. The minimum absolute atomic E-state index is 0.295. The minimum Gasteiger partial charge on any atom is -0.493 e. The van der Waals surface area contributed by atoms with Gasteiger partial charge in [-0.15, -0.1) is 0 Å². The van der Waals surface area contributed by atoms with Crippen LogP contribution < -0.4 is 14.8 Å². The van der Waals surface area contributed by atoms with Gasteiger partial charge in [0.15, 0.2) is 11.5 Å². The molecule has 1 aromatic carbocycles. The van der Waals surface area contributed by atoms with Gasteiger partial charge in [0, 0.05) is 24.8 Å². The molecule has 21 heavy (non-hydrogen) atoms. The largest absolute Gasteiger partial charge is 0.493 e. The first-order valence-corrected chi connectivity index (χ1v) is 7.82. The predicted octanol–water partition coefficient (Wildman–Crippen LogP) is 3.17. The molecule has 0 aliphatic carbocycles. The number of rotatable bonds is 7. The third-order valence-electron chi connectivity index (χ3n) is 4.17. The Bertz CT molecular complexity index is 430. The SMILES string of the molecule is CCNC(CC1CCOCC1)c1cccc(OC)c1OC. The molecular weight excluding hydrogens is 266 g/mol. The van der Waals surface area contributed by atoms with E-state index in [0.29, 0.717) is 12.0 Å². The lowest BCUT2D eigenvalue weighted by Gasteiger charge is -2.28. The zero-order valence-corrected chi connectivity index (χ0v) is 13.4. The van der Waals surface area contributed by atoms with Gasteiger partial charge in [-0.1, -0.05) is 19.1 Å². The van der Waals surface area contributed by atoms with Crippen LogP contribution in [-0.4, -0.2) is 34.0 Å². The zero-order chi connectivity index (χ0) is 15.1. The second kappa shape index (κ2) is 8.25. The van der Waals surface area contributed by atoms with Crippen molar-refractivity contribution in [3.63, 3.8) is 0 Å². The van der Waals surface area contributed by atoms with Crippen molar-refractivity contribution in [1.29, 1.82) is 0 Å². The van der Waals surface area contributed by atoms with Gasteiger partial charge < -0.3 is 19.5 Å². The van der Waals surface area contributed by atoms with E-state index in [1.807, 2.05) is 12.1 Å². The predicted molar refractivity (Wildman–Crippen MR) is 84.1 cm³/mol. The molecule has 1 saturated heterocycles. The third kappa shape index (κ3) is 4.11. The average molecular weight is 293 g/mol. The van der Waals surface area contributed by atoms with E-state index in [2.05, 4.69) is 18.3 Å². The van der Waals surface area contributed by atoms with E-state index in [1.165, 1.54) is 5.56 Å². The Labute approximate surface area is 127 Å². The number of hydrogen-bond acceptors (Lipinski definition) is 4. The van der Waals surface area contributed by atoms with Crippen molar-refractivity contribution in [3.05, 3.63) is 23.8 Å². The minimum atomic E-state index is 0.295. The van der Waals surface area contributed by atoms with Crippen LogP contribution in [0, 0.1) is 5.92 Å². The maximum absolute atomic E-state index is 5.59. The molecule has 0 aromatic heterocycles. The summed E-state index contributed by atoms with van der Waals surface area (Å²) >= 11 is 0. The molecule has 0 amide bonds. The number of nitrogens with one attached hydrogen (secondary N) is 1. The van der Waals surface area contributed by atoms with E-state index in [4.69, 9.17) is 14.2 Å². The van der Waals surface area contributed by atoms with Crippen LogP contribution in [0.5, 0.6) is 11.5 Å². The summed E-state index contributed by atoms with van der Waals surface area (Å²) in [4.78, 5) is 0. The molecule has 0 saturated carbocycles. The van der Waals surface area contributed by atoms with Crippen LogP contribution in [-0.2, 0) is 4.74 Å². The van der Waals surface area contributed by atoms with Crippen molar-refractivity contribution in [2.45, 2.75) is 32.2 Å². The van der Waals surface area contributed by atoms with Crippen molar-refractivity contribution >= 4 is 0 Å². The highest BCUT2D eigenvalue weighted by Crippen LogP contribution is 2.38. The summed E-state index contributed by atoms with van der Waals surface area (Å²) in [5.41, 5.74) is 1.19. The van der Waals surface area contributed by atoms with Gasteiger partial charge in [-0.05, 0) is 37.8 Å². The summed E-state index contributed by atoms with van der Waals surface area (Å²) < 4.78 is 16.5. The van der Waals surface area contributed by atoms with Crippen LogP contribution in [0.2, 0.25) is 0 Å². The molecule has 1 heterocycles. The van der Waals surface area contributed by atoms with Crippen LogP contribution in [0.4, 0.5) is 0 Å². The van der Waals surface area contributed by atoms with Crippen LogP contribution >= 0.6 is 0 Å². The molecule has 118 valence electrons. The van der Waals surface area contributed by atoms with Crippen molar-refractivity contribution in [2.24, 2.45) is 5.92 Å². The summed E-state index contributed by atoms with van der Waals surface area (Å²) in [7, 11) is 3.39. The van der Waals surface area contributed by atoms with Crippen molar-refractivity contribution < 1.29 is 14.2 Å². The summed E-state index contributed by atoms with van der Waals surface area (Å²) in [5, 5.41) is 3.60. The lowest BCUT2D eigenvalue weighted by molar-refractivity contribution is 0.0605. The van der Waals surface area contributed by atoms with Crippen molar-refractivity contribution in [1.82, 2.24) is 5.32 Å². The lowest BCUT2D eigenvalue weighted by Crippen LogP contribution is -2.26. The monoisotopic (exact) mass is 293 g/mol. The summed E-state index contributed by atoms with van der Waals surface area (Å²) in [6.07, 6.45) is 3.41. The molecule has 1 N–H and O–H groups in total. The maximum Gasteiger partial charge on any atom is 0.165 e. The molecule has 0 bridgehead atoms. The summed E-state index contributed by atoms with van der Waals surface area (Å²) in [5.74, 6) is 2.35. The normalized spacial score (nSPS) is 17.5. The molecule has 0 radical (unpaired) electrons. The van der Waals surface area contributed by atoms with Gasteiger partial charge in [0.05, 0.1) is 14.2 Å². The molecule has 1 aliphatic rings. The molecule has 1 aromatic rings. The Kier molecular flexibility index (Phi) is 6.33. The fourth-order valence-corrected chi connectivity index (χ4v) is 3.07. The summed E-state index contributed by atoms with van der Waals surface area (Å²) in [6, 6.07) is 6.40. The molecular formula is C17H27NO3. The van der Waals surface area contributed by atoms with Crippen LogP contribution in [0.3, 0.4) is 0 Å². The Morgan fingerprint density at radius 2 is 2.00 bits per heavy atom. The highest BCUT2D eigenvalue weighted by atomic mass is 16.5. The van der Waals surface area contributed by atoms with E-state index >= 15 is 0 Å². The fourth-order valence-electron chi connectivity index (χ4n) is 3.07. The van der Waals surface area contributed by atoms with E-state index < -0.39 is 0 Å². The third-order valence-corrected chi connectivity index (χ3v) is 4.17. The summed E-state index contributed by atoms with van der Waals surface area (Å²) in [6.45, 7) is 4.86. The Morgan fingerprint density at radius 3 is 2.62 bits per heavy atom. The molecule has 1 aliphatic heterocycles. The van der Waals surface area contributed by atoms with Gasteiger partial charge >= 0.3 is 0 Å². The van der Waals surface area contributed by atoms with Gasteiger partial charge in [-0.25, -0.2) is 0 Å². The van der Waals surface area contributed by atoms with Gasteiger partial charge in [0.2, 0.25) is 0 Å². The van der Waals surface area contributed by atoms with Gasteiger partial charge in [0.1, 0.15) is 0 Å². The highest BCUT2D eigenvalue weighted by molar-refractivity contribution is 5.48. The van der Waals surface area contributed by atoms with Crippen LogP contribution in [0.1, 0.15) is 37.8 Å². The smallest absolute Gasteiger partial charge is 0.165 e. The second-order valence-corrected chi connectivity index (χ2v) is 5.48. The number of hydrogen-bond donors (Lipinski definition) is 1.